The standard InChI is InChI=1S/C21H26N6OS/c1-5-15-7-10-17(11-8-15)23-19(28)14-29-21-25-24-20(27(21)6-2)16-9-12-18(22-13-16)26(3)4/h7-13H,5-6,14H2,1-4H3,(H,23,28). The predicted molar refractivity (Wildman–Crippen MR) is 118 cm³/mol. The number of nitrogens with zero attached hydrogens (tertiary/aromatic N) is 5. The van der Waals surface area contributed by atoms with Gasteiger partial charge in [0, 0.05) is 38.1 Å². The molecule has 2 heterocycles. The maximum Gasteiger partial charge on any atom is 0.234 e. The number of nitrogens with one attached hydrogen (secondary N) is 1. The van der Waals surface area contributed by atoms with Crippen molar-refractivity contribution in [2.24, 2.45) is 0 Å². The van der Waals surface area contributed by atoms with Crippen LogP contribution in [0, 0.1) is 0 Å². The fourth-order valence-electron chi connectivity index (χ4n) is 2.83. The number of rotatable bonds is 8. The van der Waals surface area contributed by atoms with Crippen molar-refractivity contribution in [3.63, 3.8) is 0 Å². The van der Waals surface area contributed by atoms with Crippen molar-refractivity contribution in [3.8, 4) is 11.4 Å². The Morgan fingerprint density at radius 1 is 1.10 bits per heavy atom. The van der Waals surface area contributed by atoms with Crippen LogP contribution in [0.15, 0.2) is 47.8 Å². The van der Waals surface area contributed by atoms with E-state index in [0.29, 0.717) is 6.54 Å². The Kier molecular flexibility index (Phi) is 6.87. The lowest BCUT2D eigenvalue weighted by molar-refractivity contribution is -0.113. The smallest absolute Gasteiger partial charge is 0.234 e. The van der Waals surface area contributed by atoms with E-state index in [1.54, 1.807) is 6.20 Å². The molecule has 1 aromatic carbocycles. The zero-order valence-electron chi connectivity index (χ0n) is 17.2. The quantitative estimate of drug-likeness (QED) is 0.571. The molecule has 0 bridgehead atoms. The summed E-state index contributed by atoms with van der Waals surface area (Å²) in [5.74, 6) is 1.84. The molecule has 0 spiro atoms. The minimum Gasteiger partial charge on any atom is -0.363 e. The van der Waals surface area contributed by atoms with E-state index in [1.807, 2.05) is 66.9 Å². The van der Waals surface area contributed by atoms with E-state index < -0.39 is 0 Å². The number of hydrogen-bond donors (Lipinski definition) is 1. The van der Waals surface area contributed by atoms with Crippen LogP contribution in [-0.4, -0.2) is 45.5 Å². The third-order valence-electron chi connectivity index (χ3n) is 4.48. The molecular formula is C21H26N6OS. The van der Waals surface area contributed by atoms with Crippen molar-refractivity contribution in [2.75, 3.05) is 30.1 Å². The lowest BCUT2D eigenvalue weighted by Gasteiger charge is -2.11. The highest BCUT2D eigenvalue weighted by molar-refractivity contribution is 7.99. The number of carbonyl (C=O) groups is 1. The third kappa shape index (κ3) is 5.14. The summed E-state index contributed by atoms with van der Waals surface area (Å²) in [6.45, 7) is 4.85. The van der Waals surface area contributed by atoms with E-state index in [1.165, 1.54) is 17.3 Å². The van der Waals surface area contributed by atoms with E-state index in [-0.39, 0.29) is 11.7 Å². The Bertz CT molecular complexity index is 950. The molecule has 0 atom stereocenters. The van der Waals surface area contributed by atoms with Crippen molar-refractivity contribution >= 4 is 29.2 Å². The second kappa shape index (κ2) is 9.56. The topological polar surface area (TPSA) is 75.9 Å². The number of hydrogen-bond acceptors (Lipinski definition) is 6. The average Bonchev–Trinajstić information content (AvgIpc) is 3.15. The number of pyridine rings is 1. The minimum absolute atomic E-state index is 0.0662. The first kappa shape index (κ1) is 20.9. The first-order valence-electron chi connectivity index (χ1n) is 9.60. The van der Waals surface area contributed by atoms with Crippen LogP contribution >= 0.6 is 11.8 Å². The van der Waals surface area contributed by atoms with Crippen LogP contribution in [-0.2, 0) is 17.8 Å². The number of aromatic nitrogens is 4. The van der Waals surface area contributed by atoms with Gasteiger partial charge in [-0.1, -0.05) is 30.8 Å². The summed E-state index contributed by atoms with van der Waals surface area (Å²) in [4.78, 5) is 18.7. The van der Waals surface area contributed by atoms with Crippen LogP contribution < -0.4 is 10.2 Å². The first-order valence-corrected chi connectivity index (χ1v) is 10.6. The molecule has 0 aliphatic rings. The second-order valence-electron chi connectivity index (χ2n) is 6.74. The average molecular weight is 411 g/mol. The van der Waals surface area contributed by atoms with Gasteiger partial charge in [-0.2, -0.15) is 0 Å². The van der Waals surface area contributed by atoms with Gasteiger partial charge in [-0.3, -0.25) is 4.79 Å². The van der Waals surface area contributed by atoms with Gasteiger partial charge in [-0.15, -0.1) is 10.2 Å². The van der Waals surface area contributed by atoms with Crippen molar-refractivity contribution in [1.29, 1.82) is 0 Å². The molecule has 7 nitrogen and oxygen atoms in total. The lowest BCUT2D eigenvalue weighted by Crippen LogP contribution is -2.14. The molecule has 8 heteroatoms. The SMILES string of the molecule is CCc1ccc(NC(=O)CSc2nnc(-c3ccc(N(C)C)nc3)n2CC)cc1. The molecule has 1 amide bonds. The zero-order chi connectivity index (χ0) is 20.8. The van der Waals surface area contributed by atoms with Gasteiger partial charge >= 0.3 is 0 Å². The fraction of sp³-hybridized carbons (Fsp3) is 0.333. The van der Waals surface area contributed by atoms with Gasteiger partial charge in [0.25, 0.3) is 0 Å². The predicted octanol–water partition coefficient (Wildman–Crippen LogP) is 3.72. The van der Waals surface area contributed by atoms with E-state index in [0.717, 1.165) is 34.5 Å². The molecule has 0 fully saturated rings. The maximum absolute atomic E-state index is 12.3. The van der Waals surface area contributed by atoms with E-state index in [2.05, 4.69) is 27.4 Å². The maximum atomic E-state index is 12.3. The Morgan fingerprint density at radius 3 is 2.45 bits per heavy atom. The molecule has 0 unspecified atom stereocenters. The summed E-state index contributed by atoms with van der Waals surface area (Å²) in [5, 5.41) is 12.2. The first-order chi connectivity index (χ1) is 14.0. The number of thioether (sulfide) groups is 1. The van der Waals surface area contributed by atoms with Crippen molar-refractivity contribution in [1.82, 2.24) is 19.7 Å². The summed E-state index contributed by atoms with van der Waals surface area (Å²) in [6.07, 6.45) is 2.78. The summed E-state index contributed by atoms with van der Waals surface area (Å²) in [7, 11) is 3.91. The highest BCUT2D eigenvalue weighted by atomic mass is 32.2. The Labute approximate surface area is 175 Å². The molecule has 29 heavy (non-hydrogen) atoms. The highest BCUT2D eigenvalue weighted by Crippen LogP contribution is 2.24. The van der Waals surface area contributed by atoms with Gasteiger partial charge in [-0.05, 0) is 43.2 Å². The Balaban J connectivity index is 1.65. The number of benzene rings is 1. The molecule has 0 radical (unpaired) electrons. The van der Waals surface area contributed by atoms with E-state index in [4.69, 9.17) is 0 Å². The van der Waals surface area contributed by atoms with Crippen LogP contribution in [0.3, 0.4) is 0 Å². The van der Waals surface area contributed by atoms with Gasteiger partial charge in [0.1, 0.15) is 5.82 Å². The van der Waals surface area contributed by atoms with Crippen LogP contribution in [0.1, 0.15) is 19.4 Å². The van der Waals surface area contributed by atoms with Gasteiger partial charge in [-0.25, -0.2) is 4.98 Å². The molecule has 0 aliphatic heterocycles. The van der Waals surface area contributed by atoms with Crippen molar-refractivity contribution in [2.45, 2.75) is 32.0 Å². The van der Waals surface area contributed by atoms with Crippen LogP contribution in [0.4, 0.5) is 11.5 Å². The minimum atomic E-state index is -0.0662. The molecule has 3 rings (SSSR count). The van der Waals surface area contributed by atoms with Gasteiger partial charge < -0.3 is 14.8 Å². The molecule has 1 N–H and O–H groups in total. The normalized spacial score (nSPS) is 10.8. The van der Waals surface area contributed by atoms with Crippen molar-refractivity contribution in [3.05, 3.63) is 48.2 Å². The van der Waals surface area contributed by atoms with Gasteiger partial charge in [0.2, 0.25) is 5.91 Å². The van der Waals surface area contributed by atoms with E-state index in [9.17, 15) is 4.79 Å². The number of aryl methyl sites for hydroxylation is 1. The third-order valence-corrected chi connectivity index (χ3v) is 5.44. The molecular weight excluding hydrogens is 384 g/mol. The van der Waals surface area contributed by atoms with Crippen LogP contribution in [0.25, 0.3) is 11.4 Å². The summed E-state index contributed by atoms with van der Waals surface area (Å²) in [5.41, 5.74) is 2.95. The molecule has 3 aromatic rings. The Hall–Kier alpha value is -2.87. The summed E-state index contributed by atoms with van der Waals surface area (Å²) in [6, 6.07) is 11.8. The number of amides is 1. The molecule has 152 valence electrons. The summed E-state index contributed by atoms with van der Waals surface area (Å²) >= 11 is 1.38. The number of carbonyl (C=O) groups excluding carboxylic acids is 1. The highest BCUT2D eigenvalue weighted by Gasteiger charge is 2.15. The fourth-order valence-corrected chi connectivity index (χ4v) is 3.63. The summed E-state index contributed by atoms with van der Waals surface area (Å²) < 4.78 is 2.00. The monoisotopic (exact) mass is 410 g/mol. The van der Waals surface area contributed by atoms with Crippen LogP contribution in [0.5, 0.6) is 0 Å². The Morgan fingerprint density at radius 2 is 1.86 bits per heavy atom. The lowest BCUT2D eigenvalue weighted by atomic mass is 10.1. The van der Waals surface area contributed by atoms with Crippen molar-refractivity contribution < 1.29 is 4.79 Å². The van der Waals surface area contributed by atoms with E-state index >= 15 is 0 Å². The van der Waals surface area contributed by atoms with Gasteiger partial charge in [0.15, 0.2) is 11.0 Å². The second-order valence-corrected chi connectivity index (χ2v) is 7.68. The molecule has 0 aliphatic carbocycles. The van der Waals surface area contributed by atoms with Gasteiger partial charge in [0.05, 0.1) is 5.75 Å². The number of anilines is 2. The molecule has 0 saturated heterocycles. The largest absolute Gasteiger partial charge is 0.363 e. The molecule has 2 aromatic heterocycles. The van der Waals surface area contributed by atoms with Crippen LogP contribution in [0.2, 0.25) is 0 Å². The zero-order valence-corrected chi connectivity index (χ0v) is 18.0. The molecule has 0 saturated carbocycles.